The molecule has 24 rings (SSSR count). The zero-order valence-electron chi connectivity index (χ0n) is 62.9. The smallest absolute Gasteiger partial charge is 0.161 e. The van der Waals surface area contributed by atoms with Gasteiger partial charge in [0.15, 0.2) is 11.5 Å². The van der Waals surface area contributed by atoms with Gasteiger partial charge in [-0.15, -0.1) is 0 Å². The SMILES string of the molecule is N#Cc1cc(-n2c3ccc(-c4ccc5c(c4)c4ccccc4n5-c4ccccc4)cc3c3cc(-c4ccc5c(c4)c4ccccc4n5-c4ccccc4)ccc32)nc2ccccc12.N#Cc1nc(-c2ccc(-n3c4ccccc4c4cc(-c5ccc6c7ccccc7n(-c7ccccc7)c6c5)ccc43)c3ccccc23)nc2ccccc12. The van der Waals surface area contributed by atoms with Gasteiger partial charge in [0.05, 0.1) is 83.5 Å². The molecule has 10 nitrogen and oxygen atoms in total. The Labute approximate surface area is 670 Å². The van der Waals surface area contributed by atoms with E-state index in [-0.39, 0.29) is 0 Å². The molecule has 0 aliphatic heterocycles. The van der Waals surface area contributed by atoms with Crippen LogP contribution in [-0.2, 0) is 0 Å². The molecule has 0 aliphatic rings. The summed E-state index contributed by atoms with van der Waals surface area (Å²) in [6.07, 6.45) is 0. The molecule has 0 atom stereocenters. The van der Waals surface area contributed by atoms with Crippen LogP contribution in [0.2, 0.25) is 0 Å². The van der Waals surface area contributed by atoms with Gasteiger partial charge in [0.1, 0.15) is 11.9 Å². The quantitative estimate of drug-likeness (QED) is 0.143. The topological polar surface area (TPSA) is 111 Å². The Hall–Kier alpha value is -16.3. The summed E-state index contributed by atoms with van der Waals surface area (Å²) in [5.74, 6) is 1.26. The minimum Gasteiger partial charge on any atom is -0.309 e. The predicted octanol–water partition coefficient (Wildman–Crippen LogP) is 26.9. The van der Waals surface area contributed by atoms with Crippen molar-refractivity contribution < 1.29 is 0 Å². The molecule has 0 N–H and O–H groups in total. The van der Waals surface area contributed by atoms with E-state index in [9.17, 15) is 10.5 Å². The lowest BCUT2D eigenvalue weighted by Crippen LogP contribution is -1.99. The van der Waals surface area contributed by atoms with Gasteiger partial charge in [-0.1, -0.05) is 224 Å². The average molecular weight is 1490 g/mol. The molecular weight excluding hydrogens is 1430 g/mol. The fourth-order valence-corrected chi connectivity index (χ4v) is 18.4. The van der Waals surface area contributed by atoms with Gasteiger partial charge in [0, 0.05) is 92.6 Å². The third-order valence-electron chi connectivity index (χ3n) is 23.6. The number of benzene rings is 17. The Morgan fingerprint density at radius 1 is 0.205 bits per heavy atom. The molecule has 0 saturated carbocycles. The van der Waals surface area contributed by atoms with Gasteiger partial charge in [0.2, 0.25) is 0 Å². The summed E-state index contributed by atoms with van der Waals surface area (Å²) >= 11 is 0. The first-order valence-electron chi connectivity index (χ1n) is 39.3. The van der Waals surface area contributed by atoms with Crippen LogP contribution in [0, 0.1) is 22.7 Å². The van der Waals surface area contributed by atoms with Crippen LogP contribution in [0.3, 0.4) is 0 Å². The molecule has 7 heterocycles. The van der Waals surface area contributed by atoms with E-state index in [0.29, 0.717) is 17.1 Å². The number of aromatic nitrogens is 8. The molecular formula is C107H64N10. The molecule has 0 unspecified atom stereocenters. The Morgan fingerprint density at radius 3 is 1.01 bits per heavy atom. The van der Waals surface area contributed by atoms with Crippen molar-refractivity contribution in [2.24, 2.45) is 0 Å². The maximum absolute atomic E-state index is 10.3. The van der Waals surface area contributed by atoms with Crippen LogP contribution in [0.1, 0.15) is 11.3 Å². The highest BCUT2D eigenvalue weighted by Crippen LogP contribution is 2.45. The standard InChI is InChI=1S/C58H35N5.C49H29N5/c59-36-41-35-58(60-51-20-10-7-17-44(41)51)63-56-29-25-39(37-23-27-54-47(31-37)45-18-8-11-21-52(45)61(54)42-13-3-1-4-14-42)33-49(56)50-34-40(26-30-57(50)63)38-24-28-55-48(32-38)46-19-9-12-22-53(46)62(55)43-15-5-2-6-16-43;50-30-43-40-18-6-9-19-42(40)51-49(52-43)39-25-27-46(35-15-5-4-14-34(35)39)54-45-21-11-8-17-37(45)41-28-31(23-26-47(41)54)32-22-24-38-36-16-7-10-20-44(36)53(48(38)29-32)33-12-2-1-3-13-33/h1-35H;1-29H. The summed E-state index contributed by atoms with van der Waals surface area (Å²) in [6, 6.07) is 142. The van der Waals surface area contributed by atoms with Crippen LogP contribution < -0.4 is 0 Å². The van der Waals surface area contributed by atoms with Gasteiger partial charge in [-0.2, -0.15) is 10.5 Å². The Bertz CT molecular complexity index is 8140. The number of fused-ring (bicyclic) bond motifs is 18. The molecule has 0 fully saturated rings. The van der Waals surface area contributed by atoms with Gasteiger partial charge < -0.3 is 18.3 Å². The van der Waals surface area contributed by atoms with Gasteiger partial charge >= 0.3 is 0 Å². The van der Waals surface area contributed by atoms with Gasteiger partial charge in [0.25, 0.3) is 0 Å². The number of nitriles is 2. The van der Waals surface area contributed by atoms with Crippen LogP contribution in [0.5, 0.6) is 0 Å². The van der Waals surface area contributed by atoms with E-state index in [4.69, 9.17) is 15.0 Å². The maximum atomic E-state index is 10.3. The molecule has 24 aromatic rings. The third-order valence-corrected chi connectivity index (χ3v) is 23.6. The fraction of sp³-hybridized carbons (Fsp3) is 0. The zero-order valence-corrected chi connectivity index (χ0v) is 62.9. The van der Waals surface area contributed by atoms with Crippen molar-refractivity contribution in [3.05, 3.63) is 400 Å². The number of rotatable bonds is 9. The van der Waals surface area contributed by atoms with Crippen molar-refractivity contribution in [3.8, 4) is 85.5 Å². The molecule has 0 radical (unpaired) electrons. The highest BCUT2D eigenvalue weighted by molar-refractivity contribution is 6.17. The maximum Gasteiger partial charge on any atom is 0.161 e. The molecule has 0 saturated heterocycles. The van der Waals surface area contributed by atoms with Crippen LogP contribution in [-0.4, -0.2) is 37.8 Å². The van der Waals surface area contributed by atoms with E-state index in [0.717, 1.165) is 122 Å². The minimum atomic E-state index is 0.377. The van der Waals surface area contributed by atoms with Crippen molar-refractivity contribution in [2.75, 3.05) is 0 Å². The van der Waals surface area contributed by atoms with Crippen LogP contribution in [0.25, 0.3) is 215 Å². The lowest BCUT2D eigenvalue weighted by Gasteiger charge is -2.15. The fourth-order valence-electron chi connectivity index (χ4n) is 18.4. The number of hydrogen-bond acceptors (Lipinski definition) is 5. The Morgan fingerprint density at radius 2 is 0.538 bits per heavy atom. The largest absolute Gasteiger partial charge is 0.309 e. The van der Waals surface area contributed by atoms with Gasteiger partial charge in [-0.3, -0.25) is 4.57 Å². The summed E-state index contributed by atoms with van der Waals surface area (Å²) in [5, 5.41) is 36.0. The van der Waals surface area contributed by atoms with Crippen molar-refractivity contribution in [1.82, 2.24) is 37.8 Å². The molecule has 0 spiro atoms. The van der Waals surface area contributed by atoms with Crippen molar-refractivity contribution >= 4 is 142 Å². The zero-order chi connectivity index (χ0) is 77.3. The normalized spacial score (nSPS) is 11.7. The molecule has 0 bridgehead atoms. The van der Waals surface area contributed by atoms with E-state index in [1.807, 2.05) is 60.7 Å². The third kappa shape index (κ3) is 10.6. The van der Waals surface area contributed by atoms with Crippen molar-refractivity contribution in [1.29, 1.82) is 10.5 Å². The van der Waals surface area contributed by atoms with Gasteiger partial charge in [-0.05, 0) is 203 Å². The van der Waals surface area contributed by atoms with Crippen molar-refractivity contribution in [3.63, 3.8) is 0 Å². The second-order valence-corrected chi connectivity index (χ2v) is 30.0. The monoisotopic (exact) mass is 1490 g/mol. The molecule has 0 amide bonds. The lowest BCUT2D eigenvalue weighted by molar-refractivity contribution is 1.10. The predicted molar refractivity (Wildman–Crippen MR) is 482 cm³/mol. The number of nitrogens with zero attached hydrogens (tertiary/aromatic N) is 10. The Balaban J connectivity index is 0.000000139. The van der Waals surface area contributed by atoms with E-state index in [1.54, 1.807) is 0 Å². The van der Waals surface area contributed by atoms with E-state index >= 15 is 0 Å². The summed E-state index contributed by atoms with van der Waals surface area (Å²) in [4.78, 5) is 14.8. The first-order valence-corrected chi connectivity index (χ1v) is 39.3. The van der Waals surface area contributed by atoms with E-state index in [2.05, 4.69) is 363 Å². The number of hydrogen-bond donors (Lipinski definition) is 0. The molecule has 542 valence electrons. The van der Waals surface area contributed by atoms with Crippen LogP contribution >= 0.6 is 0 Å². The number of para-hydroxylation sites is 9. The molecule has 0 aliphatic carbocycles. The molecule has 10 heteroatoms. The van der Waals surface area contributed by atoms with E-state index in [1.165, 1.54) is 87.3 Å². The van der Waals surface area contributed by atoms with Crippen LogP contribution in [0.4, 0.5) is 0 Å². The highest BCUT2D eigenvalue weighted by atomic mass is 15.1. The summed E-state index contributed by atoms with van der Waals surface area (Å²) in [7, 11) is 0. The highest BCUT2D eigenvalue weighted by Gasteiger charge is 2.24. The van der Waals surface area contributed by atoms with Crippen molar-refractivity contribution in [2.45, 2.75) is 0 Å². The second kappa shape index (κ2) is 26.7. The number of pyridine rings is 1. The Kier molecular flexibility index (Phi) is 15.2. The van der Waals surface area contributed by atoms with Crippen LogP contribution in [0.15, 0.2) is 388 Å². The first kappa shape index (κ1) is 66.5. The van der Waals surface area contributed by atoms with E-state index < -0.39 is 0 Å². The first-order chi connectivity index (χ1) is 57.9. The van der Waals surface area contributed by atoms with Gasteiger partial charge in [-0.25, -0.2) is 15.0 Å². The second-order valence-electron chi connectivity index (χ2n) is 30.0. The summed E-state index contributed by atoms with van der Waals surface area (Å²) < 4.78 is 11.7. The summed E-state index contributed by atoms with van der Waals surface area (Å²) in [5.41, 5.74) is 26.2. The molecule has 117 heavy (non-hydrogen) atoms. The summed E-state index contributed by atoms with van der Waals surface area (Å²) in [6.45, 7) is 0. The molecule has 7 aromatic heterocycles. The minimum absolute atomic E-state index is 0.377. The average Bonchev–Trinajstić information content (AvgIpc) is 1.51. The lowest BCUT2D eigenvalue weighted by atomic mass is 9.98. The molecule has 17 aromatic carbocycles.